The number of para-hydroxylation sites is 1. The summed E-state index contributed by atoms with van der Waals surface area (Å²) in [7, 11) is 0. The smallest absolute Gasteiger partial charge is 0.338 e. The molecule has 0 saturated carbocycles. The van der Waals surface area contributed by atoms with Crippen LogP contribution >= 0.6 is 0 Å². The first-order chi connectivity index (χ1) is 17.5. The summed E-state index contributed by atoms with van der Waals surface area (Å²) in [5.41, 5.74) is 2.73. The molecule has 0 unspecified atom stereocenters. The van der Waals surface area contributed by atoms with Crippen LogP contribution in [0.25, 0.3) is 10.9 Å². The highest BCUT2D eigenvalue weighted by molar-refractivity contribution is 5.89. The number of halogens is 2. The maximum absolute atomic E-state index is 14.9. The molecule has 0 saturated heterocycles. The zero-order valence-corrected chi connectivity index (χ0v) is 20.4. The number of hydrogen-bond donors (Lipinski definition) is 1. The molecule has 4 aromatic rings. The Morgan fingerprint density at radius 3 is 2.42 bits per heavy atom. The van der Waals surface area contributed by atoms with Crippen molar-refractivity contribution in [3.8, 4) is 0 Å². The van der Waals surface area contributed by atoms with Gasteiger partial charge in [-0.25, -0.2) is 13.6 Å². The summed E-state index contributed by atoms with van der Waals surface area (Å²) in [5, 5.41) is 11.4. The van der Waals surface area contributed by atoms with E-state index < -0.39 is 23.7 Å². The van der Waals surface area contributed by atoms with Crippen molar-refractivity contribution in [1.82, 2.24) is 4.57 Å². The van der Waals surface area contributed by atoms with Crippen LogP contribution in [0.4, 0.5) is 8.78 Å². The maximum atomic E-state index is 14.9. The molecule has 0 aliphatic carbocycles. The molecule has 0 aliphatic heterocycles. The van der Waals surface area contributed by atoms with Gasteiger partial charge in [0.15, 0.2) is 0 Å². The fourth-order valence-electron chi connectivity index (χ4n) is 4.46. The molecule has 6 heteroatoms. The van der Waals surface area contributed by atoms with Crippen molar-refractivity contribution < 1.29 is 23.4 Å². The van der Waals surface area contributed by atoms with E-state index in [1.54, 1.807) is 41.1 Å². The molecule has 0 bridgehead atoms. The normalized spacial score (nSPS) is 12.1. The molecule has 0 radical (unpaired) electrons. The Morgan fingerprint density at radius 2 is 1.69 bits per heavy atom. The second kappa shape index (κ2) is 12.0. The van der Waals surface area contributed by atoms with Crippen LogP contribution in [0.15, 0.2) is 72.9 Å². The van der Waals surface area contributed by atoms with Crippen LogP contribution in [-0.4, -0.2) is 28.4 Å². The number of aliphatic hydroxyl groups is 1. The van der Waals surface area contributed by atoms with Gasteiger partial charge in [0.2, 0.25) is 0 Å². The average Bonchev–Trinajstić information content (AvgIpc) is 3.22. The second-order valence-electron chi connectivity index (χ2n) is 9.12. The third-order valence-corrected chi connectivity index (χ3v) is 6.34. The van der Waals surface area contributed by atoms with Crippen molar-refractivity contribution >= 4 is 16.9 Å². The average molecular weight is 492 g/mol. The highest BCUT2D eigenvalue weighted by Gasteiger charge is 2.18. The van der Waals surface area contributed by atoms with E-state index in [9.17, 15) is 18.7 Å². The lowest BCUT2D eigenvalue weighted by molar-refractivity contribution is 0.0259. The zero-order valence-electron chi connectivity index (χ0n) is 20.4. The van der Waals surface area contributed by atoms with Gasteiger partial charge >= 0.3 is 5.97 Å². The minimum Gasteiger partial charge on any atom is -0.459 e. The van der Waals surface area contributed by atoms with Crippen LogP contribution < -0.4 is 0 Å². The van der Waals surface area contributed by atoms with E-state index in [1.807, 2.05) is 24.3 Å². The molecule has 188 valence electrons. The van der Waals surface area contributed by atoms with Crippen molar-refractivity contribution in [1.29, 1.82) is 0 Å². The molecule has 0 spiro atoms. The lowest BCUT2D eigenvalue weighted by atomic mass is 10.0. The number of nitrogens with zero attached hydrogens (tertiary/aromatic N) is 1. The Bertz CT molecular complexity index is 1290. The van der Waals surface area contributed by atoms with E-state index in [0.717, 1.165) is 35.7 Å². The predicted octanol–water partition coefficient (Wildman–Crippen LogP) is 6.46. The summed E-state index contributed by atoms with van der Waals surface area (Å²) in [5.74, 6) is -1.59. The molecular formula is C30H31F2NO3. The summed E-state index contributed by atoms with van der Waals surface area (Å²) >= 11 is 0. The number of esters is 1. The first-order valence-electron chi connectivity index (χ1n) is 12.4. The van der Waals surface area contributed by atoms with E-state index in [1.165, 1.54) is 12.1 Å². The Kier molecular flexibility index (Phi) is 8.49. The van der Waals surface area contributed by atoms with Gasteiger partial charge in [0.25, 0.3) is 0 Å². The molecule has 36 heavy (non-hydrogen) atoms. The number of fused-ring (bicyclic) bond motifs is 1. The third kappa shape index (κ3) is 6.18. The topological polar surface area (TPSA) is 51.5 Å². The van der Waals surface area contributed by atoms with E-state index in [0.29, 0.717) is 17.5 Å². The van der Waals surface area contributed by atoms with E-state index in [4.69, 9.17) is 4.74 Å². The second-order valence-corrected chi connectivity index (χ2v) is 9.12. The molecule has 1 atom stereocenters. The van der Waals surface area contributed by atoms with E-state index >= 15 is 0 Å². The first kappa shape index (κ1) is 25.6. The molecule has 1 heterocycles. The minimum atomic E-state index is -0.923. The quantitative estimate of drug-likeness (QED) is 0.193. The van der Waals surface area contributed by atoms with Crippen molar-refractivity contribution in [2.75, 3.05) is 6.61 Å². The van der Waals surface area contributed by atoms with Crippen molar-refractivity contribution in [3.05, 3.63) is 107 Å². The van der Waals surface area contributed by atoms with Crippen LogP contribution in [-0.2, 0) is 24.1 Å². The molecular weight excluding hydrogens is 460 g/mol. The molecule has 0 fully saturated rings. The number of benzene rings is 3. The van der Waals surface area contributed by atoms with Crippen molar-refractivity contribution in [3.63, 3.8) is 0 Å². The van der Waals surface area contributed by atoms with Gasteiger partial charge in [0.1, 0.15) is 18.2 Å². The molecule has 0 amide bonds. The van der Waals surface area contributed by atoms with Crippen molar-refractivity contribution in [2.45, 2.75) is 51.7 Å². The lowest BCUT2D eigenvalue weighted by Crippen LogP contribution is -2.21. The fraction of sp³-hybridized carbons (Fsp3) is 0.300. The Morgan fingerprint density at radius 1 is 1.00 bits per heavy atom. The number of aliphatic hydroxyl groups excluding tert-OH is 1. The van der Waals surface area contributed by atoms with Gasteiger partial charge in [-0.2, -0.15) is 0 Å². The van der Waals surface area contributed by atoms with Crippen molar-refractivity contribution in [2.24, 2.45) is 0 Å². The monoisotopic (exact) mass is 491 g/mol. The van der Waals surface area contributed by atoms with Crippen LogP contribution in [0, 0.1) is 11.6 Å². The van der Waals surface area contributed by atoms with Gasteiger partial charge in [-0.3, -0.25) is 0 Å². The third-order valence-electron chi connectivity index (χ3n) is 6.34. The largest absolute Gasteiger partial charge is 0.459 e. The van der Waals surface area contributed by atoms with Crippen LogP contribution in [0.3, 0.4) is 0 Å². The maximum Gasteiger partial charge on any atom is 0.338 e. The van der Waals surface area contributed by atoms with Gasteiger partial charge in [0, 0.05) is 29.1 Å². The van der Waals surface area contributed by atoms with Crippen LogP contribution in [0.1, 0.15) is 53.2 Å². The molecule has 1 N–H and O–H groups in total. The number of carbonyl (C=O) groups excluding carboxylic acids is 1. The number of carbonyl (C=O) groups is 1. The van der Waals surface area contributed by atoms with Gasteiger partial charge in [0.05, 0.1) is 18.2 Å². The summed E-state index contributed by atoms with van der Waals surface area (Å²) in [4.78, 5) is 12.2. The predicted molar refractivity (Wildman–Crippen MR) is 137 cm³/mol. The highest BCUT2D eigenvalue weighted by Crippen LogP contribution is 2.26. The highest BCUT2D eigenvalue weighted by atomic mass is 19.1. The van der Waals surface area contributed by atoms with Crippen LogP contribution in [0.5, 0.6) is 0 Å². The van der Waals surface area contributed by atoms with Gasteiger partial charge in [-0.1, -0.05) is 56.2 Å². The summed E-state index contributed by atoms with van der Waals surface area (Å²) in [6.45, 7) is 1.97. The number of ether oxygens (including phenoxy) is 1. The van der Waals surface area contributed by atoms with E-state index in [2.05, 4.69) is 6.92 Å². The Labute approximate surface area is 210 Å². The lowest BCUT2D eigenvalue weighted by Gasteiger charge is -2.11. The number of hydrogen-bond acceptors (Lipinski definition) is 3. The number of unbranched alkanes of at least 4 members (excludes halogenated alkanes) is 2. The summed E-state index contributed by atoms with van der Waals surface area (Å²) < 4.78 is 36.9. The van der Waals surface area contributed by atoms with Gasteiger partial charge < -0.3 is 14.4 Å². The summed E-state index contributed by atoms with van der Waals surface area (Å²) in [6, 6.07) is 19.0. The molecule has 0 aliphatic rings. The Hall–Kier alpha value is -3.51. The molecule has 4 rings (SSSR count). The zero-order chi connectivity index (χ0) is 25.5. The van der Waals surface area contributed by atoms with Crippen LogP contribution in [0.2, 0.25) is 0 Å². The fourth-order valence-corrected chi connectivity index (χ4v) is 4.46. The number of aryl methyl sites for hydroxylation is 1. The number of rotatable bonds is 11. The minimum absolute atomic E-state index is 0.0129. The Balaban J connectivity index is 1.49. The molecule has 4 nitrogen and oxygen atoms in total. The van der Waals surface area contributed by atoms with E-state index in [-0.39, 0.29) is 25.1 Å². The first-order valence-corrected chi connectivity index (χ1v) is 12.4. The van der Waals surface area contributed by atoms with Gasteiger partial charge in [-0.05, 0) is 54.3 Å². The summed E-state index contributed by atoms with van der Waals surface area (Å²) in [6.07, 6.45) is 4.76. The number of aromatic nitrogens is 1. The van der Waals surface area contributed by atoms with Gasteiger partial charge in [-0.15, -0.1) is 0 Å². The SMILES string of the molecule is CCCCCc1cc(F)c(Cn2cc(C[C@H](O)COC(=O)c3ccccc3)c3ccccc32)c(F)c1. The molecule has 3 aromatic carbocycles. The standard InChI is InChI=1S/C30H31F2NO3/c1-2-3-5-10-21-15-27(31)26(28(32)16-21)19-33-18-23(25-13-8-9-14-29(25)33)17-24(34)20-36-30(35)22-11-6-4-7-12-22/h4,6-9,11-16,18,24,34H,2-3,5,10,17,19-20H2,1H3/t24-/m0/s1. The molecule has 1 aromatic heterocycles.